The molecule has 0 amide bonds. The van der Waals surface area contributed by atoms with Crippen molar-refractivity contribution in [2.45, 2.75) is 6.04 Å². The maximum absolute atomic E-state index is 11.0. The van der Waals surface area contributed by atoms with E-state index in [-0.39, 0.29) is 11.6 Å². The van der Waals surface area contributed by atoms with Crippen LogP contribution in [0.15, 0.2) is 71.7 Å². The zero-order chi connectivity index (χ0) is 22.8. The fraction of sp³-hybridized carbons (Fsp3) is 0.200. The predicted molar refractivity (Wildman–Crippen MR) is 126 cm³/mol. The van der Waals surface area contributed by atoms with E-state index in [1.54, 1.807) is 12.1 Å². The third-order valence-electron chi connectivity index (χ3n) is 5.60. The highest BCUT2D eigenvalue weighted by Gasteiger charge is 2.27. The summed E-state index contributed by atoms with van der Waals surface area (Å²) in [5, 5.41) is 13.2. The van der Waals surface area contributed by atoms with Crippen LogP contribution in [-0.4, -0.2) is 54.1 Å². The average Bonchev–Trinajstić information content (AvgIpc) is 3.00. The van der Waals surface area contributed by atoms with Crippen LogP contribution in [0.25, 0.3) is 0 Å². The molecular formula is C25H22ClN3O4. The average molecular weight is 464 g/mol. The molecule has 1 saturated heterocycles. The molecule has 1 unspecified atom stereocenters. The van der Waals surface area contributed by atoms with E-state index in [1.165, 1.54) is 12.1 Å². The fourth-order valence-corrected chi connectivity index (χ4v) is 4.13. The van der Waals surface area contributed by atoms with Crippen molar-refractivity contribution in [2.24, 2.45) is 4.99 Å². The van der Waals surface area contributed by atoms with Gasteiger partial charge in [0.15, 0.2) is 5.75 Å². The quantitative estimate of drug-likeness (QED) is 0.589. The second-order valence-corrected chi connectivity index (χ2v) is 8.32. The third-order valence-corrected chi connectivity index (χ3v) is 5.84. The maximum atomic E-state index is 11.0. The minimum absolute atomic E-state index is 0.0580. The Hall–Kier alpha value is -3.55. The highest BCUT2D eigenvalue weighted by molar-refractivity contribution is 6.31. The van der Waals surface area contributed by atoms with Gasteiger partial charge in [-0.05, 0) is 54.6 Å². The molecule has 8 heteroatoms. The summed E-state index contributed by atoms with van der Waals surface area (Å²) >= 11 is 6.32. The van der Waals surface area contributed by atoms with E-state index in [1.807, 2.05) is 42.5 Å². The van der Waals surface area contributed by atoms with Crippen molar-refractivity contribution < 1.29 is 19.4 Å². The number of piperazine rings is 1. The summed E-state index contributed by atoms with van der Waals surface area (Å²) in [6, 6.07) is 19.8. The SMILES string of the molecule is O=C(O)c1ccc(OCC2CN(C3=Nc4ccccc4Oc4ccc(Cl)cc43)CCN2)cc1. The lowest BCUT2D eigenvalue weighted by molar-refractivity contribution is 0.0697. The predicted octanol–water partition coefficient (Wildman–Crippen LogP) is 4.58. The first-order valence-electron chi connectivity index (χ1n) is 10.7. The molecular weight excluding hydrogens is 442 g/mol. The molecule has 2 aliphatic rings. The number of para-hydroxylation sites is 2. The lowest BCUT2D eigenvalue weighted by atomic mass is 10.1. The highest BCUT2D eigenvalue weighted by Crippen LogP contribution is 2.38. The number of carboxylic acid groups (broad SMARTS) is 1. The number of nitrogens with zero attached hydrogens (tertiary/aromatic N) is 2. The number of halogens is 1. The Kier molecular flexibility index (Phi) is 5.90. The van der Waals surface area contributed by atoms with Crippen LogP contribution in [-0.2, 0) is 0 Å². The number of amidine groups is 1. The summed E-state index contributed by atoms with van der Waals surface area (Å²) in [6.07, 6.45) is 0. The molecule has 33 heavy (non-hydrogen) atoms. The van der Waals surface area contributed by atoms with E-state index in [4.69, 9.17) is 31.2 Å². The van der Waals surface area contributed by atoms with Crippen LogP contribution < -0.4 is 14.8 Å². The maximum Gasteiger partial charge on any atom is 0.335 e. The summed E-state index contributed by atoms with van der Waals surface area (Å²) < 4.78 is 12.1. The molecule has 168 valence electrons. The molecule has 0 spiro atoms. The van der Waals surface area contributed by atoms with E-state index in [0.29, 0.717) is 35.4 Å². The molecule has 2 aliphatic heterocycles. The number of aromatic carboxylic acids is 1. The Morgan fingerprint density at radius 1 is 1.15 bits per heavy atom. The first-order valence-corrected chi connectivity index (χ1v) is 11.0. The normalized spacial score (nSPS) is 17.2. The van der Waals surface area contributed by atoms with Crippen LogP contribution in [0.1, 0.15) is 15.9 Å². The van der Waals surface area contributed by atoms with Crippen molar-refractivity contribution >= 4 is 29.1 Å². The largest absolute Gasteiger partial charge is 0.492 e. The van der Waals surface area contributed by atoms with Gasteiger partial charge in [-0.2, -0.15) is 0 Å². The van der Waals surface area contributed by atoms with Gasteiger partial charge in [0.2, 0.25) is 0 Å². The lowest BCUT2D eigenvalue weighted by Gasteiger charge is -2.35. The summed E-state index contributed by atoms with van der Waals surface area (Å²) in [5.74, 6) is 1.91. The standard InChI is InChI=1S/C25H22ClN3O4/c26-17-7-10-22-20(13-17)24(28-21-3-1-2-4-23(21)33-22)29-12-11-27-18(14-29)15-32-19-8-5-16(6-9-19)25(30)31/h1-10,13,18,27H,11-12,14-15H2,(H,30,31). The Bertz CT molecular complexity index is 1210. The van der Waals surface area contributed by atoms with Gasteiger partial charge < -0.3 is 24.8 Å². The van der Waals surface area contributed by atoms with E-state index >= 15 is 0 Å². The Balaban J connectivity index is 1.36. The number of nitrogens with one attached hydrogen (secondary N) is 1. The molecule has 0 aliphatic carbocycles. The zero-order valence-electron chi connectivity index (χ0n) is 17.7. The number of aliphatic imine (C=N–C) groups is 1. The van der Waals surface area contributed by atoms with Gasteiger partial charge >= 0.3 is 5.97 Å². The molecule has 0 saturated carbocycles. The highest BCUT2D eigenvalue weighted by atomic mass is 35.5. The molecule has 5 rings (SSSR count). The Morgan fingerprint density at radius 2 is 1.97 bits per heavy atom. The molecule has 3 aromatic rings. The summed E-state index contributed by atoms with van der Waals surface area (Å²) in [4.78, 5) is 18.2. The van der Waals surface area contributed by atoms with Crippen molar-refractivity contribution in [1.82, 2.24) is 10.2 Å². The second kappa shape index (κ2) is 9.13. The van der Waals surface area contributed by atoms with Gasteiger partial charge in [0.1, 0.15) is 29.6 Å². The van der Waals surface area contributed by atoms with Crippen molar-refractivity contribution in [3.05, 3.63) is 82.9 Å². The molecule has 1 atom stereocenters. The van der Waals surface area contributed by atoms with Crippen LogP contribution >= 0.6 is 11.6 Å². The number of benzene rings is 3. The van der Waals surface area contributed by atoms with Gasteiger partial charge in [-0.1, -0.05) is 23.7 Å². The summed E-state index contributed by atoms with van der Waals surface area (Å²) in [5.41, 5.74) is 1.85. The van der Waals surface area contributed by atoms with E-state index in [2.05, 4.69) is 10.2 Å². The van der Waals surface area contributed by atoms with E-state index < -0.39 is 5.97 Å². The second-order valence-electron chi connectivity index (χ2n) is 7.88. The zero-order valence-corrected chi connectivity index (χ0v) is 18.5. The number of ether oxygens (including phenoxy) is 2. The van der Waals surface area contributed by atoms with Crippen LogP contribution in [0.2, 0.25) is 5.02 Å². The first-order chi connectivity index (χ1) is 16.1. The van der Waals surface area contributed by atoms with Crippen LogP contribution in [0.3, 0.4) is 0 Å². The molecule has 2 N–H and O–H groups in total. The molecule has 1 fully saturated rings. The number of hydrogen-bond donors (Lipinski definition) is 2. The van der Waals surface area contributed by atoms with Gasteiger partial charge in [0.25, 0.3) is 0 Å². The Labute approximate surface area is 196 Å². The first kappa shape index (κ1) is 21.3. The molecule has 7 nitrogen and oxygen atoms in total. The van der Waals surface area contributed by atoms with Crippen LogP contribution in [0.4, 0.5) is 5.69 Å². The topological polar surface area (TPSA) is 83.4 Å². The molecule has 0 bridgehead atoms. The number of hydrogen-bond acceptors (Lipinski definition) is 6. The number of carbonyl (C=O) groups is 1. The van der Waals surface area contributed by atoms with Crippen LogP contribution in [0.5, 0.6) is 17.2 Å². The van der Waals surface area contributed by atoms with Crippen molar-refractivity contribution in [3.63, 3.8) is 0 Å². The van der Waals surface area contributed by atoms with Gasteiger partial charge in [0, 0.05) is 24.7 Å². The molecule has 2 heterocycles. The number of rotatable bonds is 4. The number of fused-ring (bicyclic) bond motifs is 2. The smallest absolute Gasteiger partial charge is 0.335 e. The summed E-state index contributed by atoms with van der Waals surface area (Å²) in [6.45, 7) is 2.66. The Morgan fingerprint density at radius 3 is 2.79 bits per heavy atom. The van der Waals surface area contributed by atoms with Crippen molar-refractivity contribution in [1.29, 1.82) is 0 Å². The third kappa shape index (κ3) is 4.65. The summed E-state index contributed by atoms with van der Waals surface area (Å²) in [7, 11) is 0. The monoisotopic (exact) mass is 463 g/mol. The minimum Gasteiger partial charge on any atom is -0.492 e. The van der Waals surface area contributed by atoms with Crippen molar-refractivity contribution in [2.75, 3.05) is 26.2 Å². The van der Waals surface area contributed by atoms with Gasteiger partial charge in [-0.25, -0.2) is 9.79 Å². The van der Waals surface area contributed by atoms with E-state index in [0.717, 1.165) is 30.2 Å². The van der Waals surface area contributed by atoms with Crippen molar-refractivity contribution in [3.8, 4) is 17.2 Å². The van der Waals surface area contributed by atoms with Crippen LogP contribution in [0, 0.1) is 0 Å². The van der Waals surface area contributed by atoms with Gasteiger partial charge in [-0.3, -0.25) is 0 Å². The minimum atomic E-state index is -0.957. The van der Waals surface area contributed by atoms with Gasteiger partial charge in [0.05, 0.1) is 17.2 Å². The van der Waals surface area contributed by atoms with E-state index in [9.17, 15) is 4.79 Å². The molecule has 0 aromatic heterocycles. The lowest BCUT2D eigenvalue weighted by Crippen LogP contribution is -2.54. The number of carboxylic acids is 1. The molecule has 3 aromatic carbocycles. The van der Waals surface area contributed by atoms with Gasteiger partial charge in [-0.15, -0.1) is 0 Å². The molecule has 0 radical (unpaired) electrons. The fourth-order valence-electron chi connectivity index (χ4n) is 3.96.